The highest BCUT2D eigenvalue weighted by molar-refractivity contribution is 7.51. The largest absolute Gasteiger partial charge is 0.392 e. The summed E-state index contributed by atoms with van der Waals surface area (Å²) in [5.41, 5.74) is 0. The Labute approximate surface area is 71.3 Å². The molecule has 0 aromatic carbocycles. The monoisotopic (exact) mass is 195 g/mol. The van der Waals surface area contributed by atoms with Crippen molar-refractivity contribution in [2.75, 3.05) is 19.8 Å². The molecule has 12 heavy (non-hydrogen) atoms. The van der Waals surface area contributed by atoms with Gasteiger partial charge < -0.3 is 19.8 Å². The zero-order valence-electron chi connectivity index (χ0n) is 6.93. The van der Waals surface area contributed by atoms with Gasteiger partial charge in [-0.05, 0) is 6.42 Å². The van der Waals surface area contributed by atoms with Gasteiger partial charge in [0, 0.05) is 19.3 Å². The van der Waals surface area contributed by atoms with E-state index in [0.717, 1.165) is 6.66 Å². The van der Waals surface area contributed by atoms with Gasteiger partial charge in [0.25, 0.3) is 0 Å². The zero-order chi connectivity index (χ0) is 9.19. The molecular formula is C6H14NO4P. The van der Waals surface area contributed by atoms with Gasteiger partial charge in [-0.15, -0.1) is 0 Å². The molecule has 1 saturated heterocycles. The first-order valence-electron chi connectivity index (χ1n) is 3.83. The highest BCUT2D eigenvalue weighted by Gasteiger charge is 2.24. The number of β-amino-alcohol motifs (C(OH)–C–C–N with tert-alkyl or cyclic N) is 1. The molecule has 1 rings (SSSR count). The molecule has 5 nitrogen and oxygen atoms in total. The summed E-state index contributed by atoms with van der Waals surface area (Å²) >= 11 is 0. The van der Waals surface area contributed by atoms with Crippen LogP contribution in [0.1, 0.15) is 6.42 Å². The number of hydrogen-bond donors (Lipinski definition) is 3. The molecule has 3 atom stereocenters. The van der Waals surface area contributed by atoms with Gasteiger partial charge in [-0.1, -0.05) is 0 Å². The SMILES string of the molecule is CP(=O)(O)OC[C@@H]1C[C@@H](O)CN1. The first-order chi connectivity index (χ1) is 5.47. The lowest BCUT2D eigenvalue weighted by atomic mass is 10.2. The average Bonchev–Trinajstić information content (AvgIpc) is 2.30. The van der Waals surface area contributed by atoms with Gasteiger partial charge in [0.2, 0.25) is 0 Å². The maximum absolute atomic E-state index is 10.7. The molecule has 0 spiro atoms. The van der Waals surface area contributed by atoms with E-state index in [1.54, 1.807) is 0 Å². The summed E-state index contributed by atoms with van der Waals surface area (Å²) < 4.78 is 15.4. The Morgan fingerprint density at radius 2 is 2.42 bits per heavy atom. The Balaban J connectivity index is 2.21. The summed E-state index contributed by atoms with van der Waals surface area (Å²) in [6.45, 7) is 1.87. The van der Waals surface area contributed by atoms with Gasteiger partial charge >= 0.3 is 7.60 Å². The minimum absolute atomic E-state index is 0.000394. The summed E-state index contributed by atoms with van der Waals surface area (Å²) in [5.74, 6) is 0. The standard InChI is InChI=1S/C6H14NO4P/c1-12(9,10)11-4-5-2-6(8)3-7-5/h5-8H,2-4H2,1H3,(H,9,10)/t5-,6+/m0/s1. The van der Waals surface area contributed by atoms with Crippen molar-refractivity contribution in [3.8, 4) is 0 Å². The normalized spacial score (nSPS) is 34.9. The van der Waals surface area contributed by atoms with Crippen molar-refractivity contribution in [2.45, 2.75) is 18.6 Å². The van der Waals surface area contributed by atoms with E-state index < -0.39 is 7.60 Å². The quantitative estimate of drug-likeness (QED) is 0.531. The minimum Gasteiger partial charge on any atom is -0.392 e. The Hall–Kier alpha value is 0.0700. The van der Waals surface area contributed by atoms with Crippen LogP contribution in [-0.4, -0.2) is 42.0 Å². The van der Waals surface area contributed by atoms with Gasteiger partial charge in [-0.2, -0.15) is 0 Å². The van der Waals surface area contributed by atoms with Crippen molar-refractivity contribution < 1.29 is 19.1 Å². The molecule has 1 aliphatic rings. The second-order valence-corrected chi connectivity index (χ2v) is 4.96. The van der Waals surface area contributed by atoms with Crippen LogP contribution in [0.4, 0.5) is 0 Å². The van der Waals surface area contributed by atoms with E-state index >= 15 is 0 Å². The maximum Gasteiger partial charge on any atom is 0.325 e. The van der Waals surface area contributed by atoms with Crippen molar-refractivity contribution in [3.05, 3.63) is 0 Å². The fourth-order valence-corrected chi connectivity index (χ4v) is 1.61. The second-order valence-electron chi connectivity index (χ2n) is 3.09. The number of aliphatic hydroxyl groups excluding tert-OH is 1. The molecule has 0 radical (unpaired) electrons. The number of rotatable bonds is 3. The first-order valence-corrected chi connectivity index (χ1v) is 5.86. The van der Waals surface area contributed by atoms with E-state index in [2.05, 4.69) is 5.32 Å². The molecule has 3 N–H and O–H groups in total. The predicted octanol–water partition coefficient (Wildman–Crippen LogP) is -0.459. The van der Waals surface area contributed by atoms with Crippen LogP contribution in [0, 0.1) is 0 Å². The molecule has 1 fully saturated rings. The van der Waals surface area contributed by atoms with E-state index in [0.29, 0.717) is 13.0 Å². The van der Waals surface area contributed by atoms with Crippen molar-refractivity contribution in [1.29, 1.82) is 0 Å². The summed E-state index contributed by atoms with van der Waals surface area (Å²) in [6.07, 6.45) is 0.230. The average molecular weight is 195 g/mol. The van der Waals surface area contributed by atoms with Gasteiger partial charge in [0.15, 0.2) is 0 Å². The van der Waals surface area contributed by atoms with Crippen molar-refractivity contribution >= 4 is 7.60 Å². The van der Waals surface area contributed by atoms with Crippen LogP contribution in [-0.2, 0) is 9.09 Å². The van der Waals surface area contributed by atoms with Gasteiger partial charge in [-0.3, -0.25) is 4.57 Å². The minimum atomic E-state index is -3.36. The fourth-order valence-electron chi connectivity index (χ4n) is 1.15. The predicted molar refractivity (Wildman–Crippen MR) is 44.1 cm³/mol. The second kappa shape index (κ2) is 3.85. The lowest BCUT2D eigenvalue weighted by Gasteiger charge is -2.11. The molecule has 72 valence electrons. The summed E-state index contributed by atoms with van der Waals surface area (Å²) in [6, 6.07) is 0.000394. The lowest BCUT2D eigenvalue weighted by Crippen LogP contribution is -2.26. The molecule has 0 aromatic heterocycles. The van der Waals surface area contributed by atoms with Crippen LogP contribution < -0.4 is 5.32 Å². The van der Waals surface area contributed by atoms with Crippen LogP contribution in [0.2, 0.25) is 0 Å². The van der Waals surface area contributed by atoms with Gasteiger partial charge in [-0.25, -0.2) is 0 Å². The molecule has 1 heterocycles. The zero-order valence-corrected chi connectivity index (χ0v) is 7.83. The van der Waals surface area contributed by atoms with Crippen LogP contribution in [0.3, 0.4) is 0 Å². The molecule has 1 unspecified atom stereocenters. The lowest BCUT2D eigenvalue weighted by molar-refractivity contribution is 0.184. The Bertz CT molecular complexity index is 192. The topological polar surface area (TPSA) is 78.8 Å². The maximum atomic E-state index is 10.7. The van der Waals surface area contributed by atoms with E-state index in [4.69, 9.17) is 14.5 Å². The van der Waals surface area contributed by atoms with Crippen LogP contribution in [0.5, 0.6) is 0 Å². The Morgan fingerprint density at radius 1 is 1.75 bits per heavy atom. The number of hydrogen-bond acceptors (Lipinski definition) is 4. The highest BCUT2D eigenvalue weighted by atomic mass is 31.2. The van der Waals surface area contributed by atoms with Crippen molar-refractivity contribution in [3.63, 3.8) is 0 Å². The third-order valence-corrected chi connectivity index (χ3v) is 2.34. The van der Waals surface area contributed by atoms with Gasteiger partial charge in [0.1, 0.15) is 0 Å². The Kier molecular flexibility index (Phi) is 3.26. The molecule has 0 aliphatic carbocycles. The summed E-state index contributed by atoms with van der Waals surface area (Å²) in [4.78, 5) is 8.79. The molecule has 6 heteroatoms. The third kappa shape index (κ3) is 3.65. The van der Waals surface area contributed by atoms with E-state index in [-0.39, 0.29) is 18.8 Å². The smallest absolute Gasteiger partial charge is 0.325 e. The van der Waals surface area contributed by atoms with Gasteiger partial charge in [0.05, 0.1) is 12.7 Å². The van der Waals surface area contributed by atoms with E-state index in [1.165, 1.54) is 0 Å². The van der Waals surface area contributed by atoms with Crippen LogP contribution in [0.15, 0.2) is 0 Å². The van der Waals surface area contributed by atoms with Crippen LogP contribution >= 0.6 is 7.60 Å². The molecular weight excluding hydrogens is 181 g/mol. The highest BCUT2D eigenvalue weighted by Crippen LogP contribution is 2.36. The number of nitrogens with one attached hydrogen (secondary N) is 1. The summed E-state index contributed by atoms with van der Waals surface area (Å²) in [7, 11) is -3.36. The van der Waals surface area contributed by atoms with E-state index in [9.17, 15) is 4.57 Å². The van der Waals surface area contributed by atoms with E-state index in [1.807, 2.05) is 0 Å². The number of aliphatic hydroxyl groups is 1. The molecule has 0 bridgehead atoms. The Morgan fingerprint density at radius 3 is 2.83 bits per heavy atom. The van der Waals surface area contributed by atoms with Crippen molar-refractivity contribution in [2.24, 2.45) is 0 Å². The molecule has 0 amide bonds. The fraction of sp³-hybridized carbons (Fsp3) is 1.00. The summed E-state index contributed by atoms with van der Waals surface area (Å²) in [5, 5.41) is 12.1. The third-order valence-electron chi connectivity index (χ3n) is 1.71. The molecule has 1 aliphatic heterocycles. The van der Waals surface area contributed by atoms with Crippen LogP contribution in [0.25, 0.3) is 0 Å². The first kappa shape index (κ1) is 10.2. The van der Waals surface area contributed by atoms with Crippen molar-refractivity contribution in [1.82, 2.24) is 5.32 Å². The molecule has 0 aromatic rings. The molecule has 0 saturated carbocycles.